The number of nitrogens with zero attached hydrogens (tertiary/aromatic N) is 2. The zero-order valence-corrected chi connectivity index (χ0v) is 27.1. The number of benzene rings is 2. The summed E-state index contributed by atoms with van der Waals surface area (Å²) in [7, 11) is 0. The molecule has 1 aliphatic carbocycles. The molecule has 0 saturated carbocycles. The molecule has 4 aliphatic heterocycles. The molecule has 0 N–H and O–H groups in total. The van der Waals surface area contributed by atoms with Gasteiger partial charge in [-0.25, -0.2) is 0 Å². The molecule has 0 radical (unpaired) electrons. The fraction of sp³-hybridized carbons (Fsp3) is 0.571. The standard InChI is InChI=1S/C35H42N2O9/c1-18-13-26-23(14-27(18)46-35-20(3)19(2)33(21(4)44-35)45-22(5)38)30-31(24-15-28-29(43-17-42-28)16-25(24)32(30)39)37(34(26)40)8-6-7-36-9-11-41-12-10-36/h13-16,19-21,30-31,33,35H,6-12,17H2,1-5H3/t19-,20-,21-,30?,31?,33?,35-/m0/s1. The Morgan fingerprint density at radius 1 is 0.935 bits per heavy atom. The molecule has 2 aromatic carbocycles. The second kappa shape index (κ2) is 12.2. The number of ketones is 1. The number of rotatable bonds is 7. The number of esters is 1. The lowest BCUT2D eigenvalue weighted by Crippen LogP contribution is -2.51. The lowest BCUT2D eigenvalue weighted by Gasteiger charge is -2.43. The first-order valence-electron chi connectivity index (χ1n) is 16.3. The summed E-state index contributed by atoms with van der Waals surface area (Å²) in [5.41, 5.74) is 3.31. The minimum absolute atomic E-state index is 0.00939. The van der Waals surface area contributed by atoms with Crippen molar-refractivity contribution in [3.63, 3.8) is 0 Å². The van der Waals surface area contributed by atoms with E-state index in [4.69, 9.17) is 28.4 Å². The van der Waals surface area contributed by atoms with Gasteiger partial charge >= 0.3 is 5.97 Å². The molecule has 5 aliphatic rings. The van der Waals surface area contributed by atoms with Crippen molar-refractivity contribution in [3.8, 4) is 17.2 Å². The Morgan fingerprint density at radius 2 is 1.67 bits per heavy atom. The predicted molar refractivity (Wildman–Crippen MR) is 165 cm³/mol. The summed E-state index contributed by atoms with van der Waals surface area (Å²) < 4.78 is 35.1. The molecule has 1 amide bonds. The lowest BCUT2D eigenvalue weighted by atomic mass is 9.81. The van der Waals surface area contributed by atoms with E-state index in [2.05, 4.69) is 4.90 Å². The smallest absolute Gasteiger partial charge is 0.303 e. The van der Waals surface area contributed by atoms with Crippen LogP contribution in [0, 0.1) is 18.8 Å². The van der Waals surface area contributed by atoms with Crippen LogP contribution >= 0.6 is 0 Å². The second-order valence-corrected chi connectivity index (χ2v) is 13.2. The van der Waals surface area contributed by atoms with Crippen LogP contribution in [0.2, 0.25) is 0 Å². The van der Waals surface area contributed by atoms with Gasteiger partial charge in [0.05, 0.1) is 31.3 Å². The van der Waals surface area contributed by atoms with Crippen molar-refractivity contribution in [3.05, 3.63) is 52.1 Å². The summed E-state index contributed by atoms with van der Waals surface area (Å²) in [4.78, 5) is 44.5. The SMILES string of the molecule is CC(=O)OC1[C@H](C)O[C@@H](Oc2cc3c(cc2C)C(=O)N(CCCN2CCOCC2)C2c4cc5c(cc4C(=O)C32)OCO5)[C@@H](C)[C@@H]1C. The first-order chi connectivity index (χ1) is 22.1. The van der Waals surface area contributed by atoms with Crippen LogP contribution in [0.25, 0.3) is 0 Å². The van der Waals surface area contributed by atoms with Gasteiger partial charge < -0.3 is 33.3 Å². The average Bonchev–Trinajstić information content (AvgIpc) is 3.61. The van der Waals surface area contributed by atoms with Crippen LogP contribution < -0.4 is 14.2 Å². The average molecular weight is 635 g/mol. The van der Waals surface area contributed by atoms with Crippen LogP contribution in [-0.2, 0) is 19.0 Å². The normalized spacial score (nSPS) is 30.1. The summed E-state index contributed by atoms with van der Waals surface area (Å²) in [5.74, 6) is 0.516. The number of aryl methyl sites for hydroxylation is 1. The van der Waals surface area contributed by atoms with E-state index >= 15 is 0 Å². The van der Waals surface area contributed by atoms with Gasteiger partial charge in [-0.1, -0.05) is 13.8 Å². The highest BCUT2D eigenvalue weighted by Gasteiger charge is 2.51. The number of amides is 1. The van der Waals surface area contributed by atoms with Crippen LogP contribution in [0.3, 0.4) is 0 Å². The highest BCUT2D eigenvalue weighted by molar-refractivity contribution is 6.11. The van der Waals surface area contributed by atoms with E-state index in [1.165, 1.54) is 6.92 Å². The molecule has 0 spiro atoms. The first kappa shape index (κ1) is 31.0. The Kier molecular flexibility index (Phi) is 8.19. The van der Waals surface area contributed by atoms with Crippen molar-refractivity contribution >= 4 is 17.7 Å². The maximum absolute atomic E-state index is 14.3. The Labute approximate surface area is 269 Å². The van der Waals surface area contributed by atoms with Gasteiger partial charge in [0.25, 0.3) is 5.91 Å². The van der Waals surface area contributed by atoms with Gasteiger partial charge in [0.1, 0.15) is 11.9 Å². The molecule has 11 heteroatoms. The zero-order chi connectivity index (χ0) is 32.3. The van der Waals surface area contributed by atoms with Gasteiger partial charge in [-0.15, -0.1) is 0 Å². The highest BCUT2D eigenvalue weighted by Crippen LogP contribution is 2.54. The number of morpholine rings is 1. The Bertz CT molecular complexity index is 1550. The molecule has 2 fully saturated rings. The second-order valence-electron chi connectivity index (χ2n) is 13.2. The summed E-state index contributed by atoms with van der Waals surface area (Å²) in [6.07, 6.45) is -0.574. The predicted octanol–water partition coefficient (Wildman–Crippen LogP) is 4.25. The van der Waals surface area contributed by atoms with Crippen molar-refractivity contribution in [2.24, 2.45) is 11.8 Å². The van der Waals surface area contributed by atoms with Gasteiger partial charge in [-0.3, -0.25) is 19.3 Å². The van der Waals surface area contributed by atoms with Crippen LogP contribution in [-0.4, -0.2) is 92.1 Å². The molecule has 2 saturated heterocycles. The number of hydrogen-bond donors (Lipinski definition) is 0. The Morgan fingerprint density at radius 3 is 2.41 bits per heavy atom. The van der Waals surface area contributed by atoms with Crippen molar-refractivity contribution in [2.45, 2.75) is 71.5 Å². The van der Waals surface area contributed by atoms with E-state index in [0.717, 1.165) is 37.2 Å². The number of fused-ring (bicyclic) bond motifs is 6. The minimum Gasteiger partial charge on any atom is -0.464 e. The van der Waals surface area contributed by atoms with Crippen LogP contribution in [0.15, 0.2) is 24.3 Å². The van der Waals surface area contributed by atoms with Gasteiger partial charge in [0.2, 0.25) is 13.1 Å². The molecule has 46 heavy (non-hydrogen) atoms. The summed E-state index contributed by atoms with van der Waals surface area (Å²) >= 11 is 0. The third kappa shape index (κ3) is 5.32. The monoisotopic (exact) mass is 634 g/mol. The third-order valence-electron chi connectivity index (χ3n) is 10.3. The Balaban J connectivity index is 1.21. The van der Waals surface area contributed by atoms with E-state index in [0.29, 0.717) is 53.7 Å². The molecule has 4 heterocycles. The largest absolute Gasteiger partial charge is 0.464 e. The van der Waals surface area contributed by atoms with Crippen molar-refractivity contribution < 1.29 is 42.8 Å². The maximum atomic E-state index is 14.3. The molecule has 7 atom stereocenters. The first-order valence-corrected chi connectivity index (χ1v) is 16.3. The van der Waals surface area contributed by atoms with E-state index in [1.807, 2.05) is 50.8 Å². The number of carbonyl (C=O) groups is 3. The molecule has 7 rings (SSSR count). The quantitative estimate of drug-likeness (QED) is 0.410. The number of hydrogen-bond acceptors (Lipinski definition) is 10. The molecule has 0 bridgehead atoms. The van der Waals surface area contributed by atoms with E-state index in [-0.39, 0.29) is 48.5 Å². The molecular weight excluding hydrogens is 592 g/mol. The summed E-state index contributed by atoms with van der Waals surface area (Å²) in [5, 5.41) is 0. The van der Waals surface area contributed by atoms with Crippen LogP contribution in [0.4, 0.5) is 0 Å². The van der Waals surface area contributed by atoms with Crippen LogP contribution in [0.1, 0.15) is 83.5 Å². The third-order valence-corrected chi connectivity index (χ3v) is 10.3. The highest BCUT2D eigenvalue weighted by atomic mass is 16.7. The molecule has 11 nitrogen and oxygen atoms in total. The summed E-state index contributed by atoms with van der Waals surface area (Å²) in [6, 6.07) is 6.88. The topological polar surface area (TPSA) is 113 Å². The Hall–Kier alpha value is -3.67. The van der Waals surface area contributed by atoms with Gasteiger partial charge in [0.15, 0.2) is 17.3 Å². The van der Waals surface area contributed by atoms with Gasteiger partial charge in [-0.05, 0) is 61.2 Å². The van der Waals surface area contributed by atoms with E-state index in [9.17, 15) is 14.4 Å². The lowest BCUT2D eigenvalue weighted by molar-refractivity contribution is -0.234. The molecule has 2 aromatic rings. The van der Waals surface area contributed by atoms with E-state index < -0.39 is 18.2 Å². The van der Waals surface area contributed by atoms with E-state index in [1.54, 1.807) is 6.07 Å². The molecule has 246 valence electrons. The number of ether oxygens (including phenoxy) is 6. The van der Waals surface area contributed by atoms with Crippen molar-refractivity contribution in [1.82, 2.24) is 9.80 Å². The van der Waals surface area contributed by atoms with Gasteiger partial charge in [0, 0.05) is 56.1 Å². The number of Topliss-reactive ketones (excluding diaryl/α,β-unsaturated/α-hetero) is 1. The molecule has 3 unspecified atom stereocenters. The zero-order valence-electron chi connectivity index (χ0n) is 27.1. The fourth-order valence-corrected chi connectivity index (χ4v) is 7.69. The molecular formula is C35H42N2O9. The maximum Gasteiger partial charge on any atom is 0.303 e. The number of carbonyl (C=O) groups excluding carboxylic acids is 3. The fourth-order valence-electron chi connectivity index (χ4n) is 7.69. The summed E-state index contributed by atoms with van der Waals surface area (Å²) in [6.45, 7) is 13.9. The minimum atomic E-state index is -0.603. The van der Waals surface area contributed by atoms with Crippen molar-refractivity contribution in [1.29, 1.82) is 0 Å². The van der Waals surface area contributed by atoms with Crippen molar-refractivity contribution in [2.75, 3.05) is 46.2 Å². The van der Waals surface area contributed by atoms with Gasteiger partial charge in [-0.2, -0.15) is 0 Å². The van der Waals surface area contributed by atoms with Crippen LogP contribution in [0.5, 0.6) is 17.2 Å². The molecule has 0 aromatic heterocycles.